The van der Waals surface area contributed by atoms with Gasteiger partial charge in [-0.15, -0.1) is 0 Å². The standard InChI is InChI=1S/C16H23NO3/c1-19-13-6-7-16-14(10-13)15(8-9-20-16)17-11-2-4-12(18)5-3-11/h6-7,10-12,15,17-18H,2-5,8-9H2,1H3. The van der Waals surface area contributed by atoms with E-state index in [2.05, 4.69) is 11.4 Å². The Kier molecular flexibility index (Phi) is 4.13. The fraction of sp³-hybridized carbons (Fsp3) is 0.625. The first kappa shape index (κ1) is 13.7. The molecule has 2 aliphatic rings. The molecule has 1 fully saturated rings. The van der Waals surface area contributed by atoms with Crippen LogP contribution in [-0.4, -0.2) is 31.0 Å². The van der Waals surface area contributed by atoms with E-state index in [1.165, 1.54) is 5.56 Å². The molecule has 20 heavy (non-hydrogen) atoms. The average molecular weight is 277 g/mol. The Morgan fingerprint density at radius 1 is 1.20 bits per heavy atom. The van der Waals surface area contributed by atoms with Gasteiger partial charge >= 0.3 is 0 Å². The summed E-state index contributed by atoms with van der Waals surface area (Å²) in [6.07, 6.45) is 4.81. The quantitative estimate of drug-likeness (QED) is 0.891. The normalized spacial score (nSPS) is 29.4. The van der Waals surface area contributed by atoms with E-state index in [0.717, 1.165) is 50.2 Å². The Labute approximate surface area is 120 Å². The van der Waals surface area contributed by atoms with Crippen LogP contribution in [-0.2, 0) is 0 Å². The maximum atomic E-state index is 9.59. The van der Waals surface area contributed by atoms with E-state index in [-0.39, 0.29) is 6.10 Å². The van der Waals surface area contributed by atoms with Gasteiger partial charge in [-0.05, 0) is 43.9 Å². The van der Waals surface area contributed by atoms with Crippen LogP contribution in [0.25, 0.3) is 0 Å². The van der Waals surface area contributed by atoms with Crippen LogP contribution in [0.15, 0.2) is 18.2 Å². The number of aliphatic hydroxyl groups excluding tert-OH is 1. The molecule has 1 aromatic carbocycles. The maximum Gasteiger partial charge on any atom is 0.124 e. The molecular formula is C16H23NO3. The molecule has 4 nitrogen and oxygen atoms in total. The van der Waals surface area contributed by atoms with Crippen molar-refractivity contribution in [2.24, 2.45) is 0 Å². The number of hydrogen-bond acceptors (Lipinski definition) is 4. The number of ether oxygens (including phenoxy) is 2. The van der Waals surface area contributed by atoms with Crippen molar-refractivity contribution in [2.75, 3.05) is 13.7 Å². The first-order chi connectivity index (χ1) is 9.76. The van der Waals surface area contributed by atoms with E-state index in [4.69, 9.17) is 9.47 Å². The minimum atomic E-state index is -0.102. The minimum Gasteiger partial charge on any atom is -0.497 e. The largest absolute Gasteiger partial charge is 0.497 e. The zero-order valence-corrected chi connectivity index (χ0v) is 12.0. The second kappa shape index (κ2) is 6.02. The van der Waals surface area contributed by atoms with Crippen LogP contribution in [0.4, 0.5) is 0 Å². The van der Waals surface area contributed by atoms with Gasteiger partial charge in [0, 0.05) is 24.1 Å². The number of fused-ring (bicyclic) bond motifs is 1. The van der Waals surface area contributed by atoms with Crippen LogP contribution in [0, 0.1) is 0 Å². The molecular weight excluding hydrogens is 254 g/mol. The van der Waals surface area contributed by atoms with Crippen LogP contribution >= 0.6 is 0 Å². The molecule has 2 N–H and O–H groups in total. The van der Waals surface area contributed by atoms with Gasteiger partial charge < -0.3 is 19.9 Å². The first-order valence-corrected chi connectivity index (χ1v) is 7.51. The molecule has 0 saturated heterocycles. The third kappa shape index (κ3) is 2.91. The monoisotopic (exact) mass is 277 g/mol. The zero-order valence-electron chi connectivity index (χ0n) is 12.0. The molecule has 1 aliphatic heterocycles. The number of hydrogen-bond donors (Lipinski definition) is 2. The van der Waals surface area contributed by atoms with Gasteiger partial charge in [0.25, 0.3) is 0 Å². The Hall–Kier alpha value is -1.26. The van der Waals surface area contributed by atoms with Crippen LogP contribution < -0.4 is 14.8 Å². The van der Waals surface area contributed by atoms with E-state index < -0.39 is 0 Å². The minimum absolute atomic E-state index is 0.102. The van der Waals surface area contributed by atoms with E-state index in [1.807, 2.05) is 12.1 Å². The summed E-state index contributed by atoms with van der Waals surface area (Å²) in [5, 5.41) is 13.3. The van der Waals surface area contributed by atoms with Crippen molar-refractivity contribution in [1.29, 1.82) is 0 Å². The molecule has 1 atom stereocenters. The van der Waals surface area contributed by atoms with E-state index in [0.29, 0.717) is 12.1 Å². The van der Waals surface area contributed by atoms with Gasteiger partial charge in [-0.25, -0.2) is 0 Å². The summed E-state index contributed by atoms with van der Waals surface area (Å²) in [4.78, 5) is 0. The summed E-state index contributed by atoms with van der Waals surface area (Å²) >= 11 is 0. The molecule has 4 heteroatoms. The molecule has 1 unspecified atom stereocenters. The average Bonchev–Trinajstić information content (AvgIpc) is 2.49. The zero-order chi connectivity index (χ0) is 13.9. The van der Waals surface area contributed by atoms with Crippen LogP contribution in [0.2, 0.25) is 0 Å². The fourth-order valence-corrected chi connectivity index (χ4v) is 3.20. The lowest BCUT2D eigenvalue weighted by atomic mass is 9.91. The highest BCUT2D eigenvalue weighted by molar-refractivity contribution is 5.43. The van der Waals surface area contributed by atoms with Crippen LogP contribution in [0.5, 0.6) is 11.5 Å². The molecule has 0 radical (unpaired) electrons. The highest BCUT2D eigenvalue weighted by Crippen LogP contribution is 2.35. The van der Waals surface area contributed by atoms with Gasteiger partial charge in [0.2, 0.25) is 0 Å². The third-order valence-electron chi connectivity index (χ3n) is 4.39. The van der Waals surface area contributed by atoms with Gasteiger partial charge in [-0.1, -0.05) is 0 Å². The lowest BCUT2D eigenvalue weighted by Crippen LogP contribution is -2.38. The molecule has 3 rings (SSSR count). The second-order valence-electron chi connectivity index (χ2n) is 5.77. The van der Waals surface area contributed by atoms with E-state index in [1.54, 1.807) is 7.11 Å². The summed E-state index contributed by atoms with van der Waals surface area (Å²) in [6, 6.07) is 6.84. The van der Waals surface area contributed by atoms with E-state index in [9.17, 15) is 5.11 Å². The molecule has 0 aromatic heterocycles. The summed E-state index contributed by atoms with van der Waals surface area (Å²) in [5.74, 6) is 1.84. The molecule has 1 saturated carbocycles. The number of benzene rings is 1. The smallest absolute Gasteiger partial charge is 0.124 e. The first-order valence-electron chi connectivity index (χ1n) is 7.51. The van der Waals surface area contributed by atoms with Crippen molar-refractivity contribution in [2.45, 2.75) is 50.3 Å². The molecule has 0 spiro atoms. The Morgan fingerprint density at radius 2 is 2.00 bits per heavy atom. The van der Waals surface area contributed by atoms with Crippen LogP contribution in [0.3, 0.4) is 0 Å². The number of rotatable bonds is 3. The highest BCUT2D eigenvalue weighted by atomic mass is 16.5. The van der Waals surface area contributed by atoms with Gasteiger partial charge in [-0.2, -0.15) is 0 Å². The Bertz CT molecular complexity index is 455. The number of aliphatic hydroxyl groups is 1. The SMILES string of the molecule is COc1ccc2c(c1)C(NC1CCC(O)CC1)CCO2. The van der Waals surface area contributed by atoms with Crippen molar-refractivity contribution >= 4 is 0 Å². The summed E-state index contributed by atoms with van der Waals surface area (Å²) < 4.78 is 11.0. The lowest BCUT2D eigenvalue weighted by molar-refractivity contribution is 0.111. The molecule has 0 bridgehead atoms. The van der Waals surface area contributed by atoms with Gasteiger partial charge in [0.15, 0.2) is 0 Å². The molecule has 110 valence electrons. The second-order valence-corrected chi connectivity index (χ2v) is 5.77. The van der Waals surface area contributed by atoms with Gasteiger partial charge in [0.05, 0.1) is 19.8 Å². The third-order valence-corrected chi connectivity index (χ3v) is 4.39. The predicted molar refractivity (Wildman–Crippen MR) is 77.2 cm³/mol. The number of nitrogens with one attached hydrogen (secondary N) is 1. The highest BCUT2D eigenvalue weighted by Gasteiger charge is 2.26. The maximum absolute atomic E-state index is 9.59. The van der Waals surface area contributed by atoms with E-state index >= 15 is 0 Å². The Morgan fingerprint density at radius 3 is 2.75 bits per heavy atom. The predicted octanol–water partition coefficient (Wildman–Crippen LogP) is 2.41. The summed E-state index contributed by atoms with van der Waals surface area (Å²) in [5.41, 5.74) is 1.20. The Balaban J connectivity index is 1.72. The summed E-state index contributed by atoms with van der Waals surface area (Å²) in [7, 11) is 1.69. The van der Waals surface area contributed by atoms with Crippen molar-refractivity contribution in [3.63, 3.8) is 0 Å². The molecule has 1 heterocycles. The molecule has 1 aromatic rings. The molecule has 0 amide bonds. The van der Waals surface area contributed by atoms with Crippen molar-refractivity contribution in [1.82, 2.24) is 5.32 Å². The lowest BCUT2D eigenvalue weighted by Gasteiger charge is -2.33. The van der Waals surface area contributed by atoms with Gasteiger partial charge in [-0.3, -0.25) is 0 Å². The topological polar surface area (TPSA) is 50.7 Å². The van der Waals surface area contributed by atoms with Crippen molar-refractivity contribution < 1.29 is 14.6 Å². The number of methoxy groups -OCH3 is 1. The van der Waals surface area contributed by atoms with Gasteiger partial charge in [0.1, 0.15) is 11.5 Å². The molecule has 1 aliphatic carbocycles. The van der Waals surface area contributed by atoms with Crippen LogP contribution in [0.1, 0.15) is 43.7 Å². The van der Waals surface area contributed by atoms with Crippen molar-refractivity contribution in [3.05, 3.63) is 23.8 Å². The van der Waals surface area contributed by atoms with Crippen molar-refractivity contribution in [3.8, 4) is 11.5 Å². The summed E-state index contributed by atoms with van der Waals surface area (Å²) in [6.45, 7) is 0.756. The fourth-order valence-electron chi connectivity index (χ4n) is 3.20.